The van der Waals surface area contributed by atoms with Crippen LogP contribution in [0.15, 0.2) is 22.7 Å². The maximum atomic E-state index is 12.2. The number of benzene rings is 1. The van der Waals surface area contributed by atoms with Gasteiger partial charge in [-0.05, 0) is 46.5 Å². The molecular weight excluding hydrogens is 308 g/mol. The highest BCUT2D eigenvalue weighted by atomic mass is 79.9. The maximum absolute atomic E-state index is 12.2. The molecule has 0 aromatic heterocycles. The molecule has 1 aromatic rings. The fourth-order valence-electron chi connectivity index (χ4n) is 1.69. The Morgan fingerprint density at radius 1 is 1.26 bits per heavy atom. The molecule has 0 radical (unpaired) electrons. The van der Waals surface area contributed by atoms with E-state index in [1.54, 1.807) is 0 Å². The van der Waals surface area contributed by atoms with Crippen LogP contribution >= 0.6 is 15.9 Å². The van der Waals surface area contributed by atoms with E-state index in [-0.39, 0.29) is 17.7 Å². The van der Waals surface area contributed by atoms with Crippen molar-refractivity contribution < 1.29 is 9.59 Å². The molecule has 0 aliphatic heterocycles. The van der Waals surface area contributed by atoms with Gasteiger partial charge in [0.05, 0.1) is 5.69 Å². The number of anilines is 1. The van der Waals surface area contributed by atoms with Crippen LogP contribution in [0.5, 0.6) is 0 Å². The fraction of sp³-hybridized carbons (Fsp3) is 0.429. The normalized spacial score (nSPS) is 12.1. The van der Waals surface area contributed by atoms with Crippen molar-refractivity contribution in [2.45, 2.75) is 33.7 Å². The smallest absolute Gasteiger partial charge is 0.247 e. The third-order valence-electron chi connectivity index (χ3n) is 2.69. The van der Waals surface area contributed by atoms with Crippen LogP contribution in [0.4, 0.5) is 5.69 Å². The summed E-state index contributed by atoms with van der Waals surface area (Å²) in [5, 5.41) is 5.49. The number of carbonyl (C=O) groups is 2. The third kappa shape index (κ3) is 4.67. The van der Waals surface area contributed by atoms with E-state index in [0.29, 0.717) is 5.69 Å². The number of rotatable bonds is 4. The Morgan fingerprint density at radius 2 is 1.89 bits per heavy atom. The number of hydrogen-bond acceptors (Lipinski definition) is 2. The number of amides is 2. The molecule has 0 heterocycles. The molecule has 0 saturated carbocycles. The first-order valence-electron chi connectivity index (χ1n) is 6.15. The van der Waals surface area contributed by atoms with Gasteiger partial charge in [-0.1, -0.05) is 19.9 Å². The summed E-state index contributed by atoms with van der Waals surface area (Å²) in [5.74, 6) is -0.403. The lowest BCUT2D eigenvalue weighted by Gasteiger charge is -2.21. The number of hydrogen-bond donors (Lipinski definition) is 2. The lowest BCUT2D eigenvalue weighted by molar-refractivity contribution is -0.126. The lowest BCUT2D eigenvalue weighted by atomic mass is 10.0. The molecule has 2 N–H and O–H groups in total. The van der Waals surface area contributed by atoms with Crippen LogP contribution in [0.3, 0.4) is 0 Å². The zero-order chi connectivity index (χ0) is 14.6. The van der Waals surface area contributed by atoms with Crippen molar-refractivity contribution in [3.63, 3.8) is 0 Å². The van der Waals surface area contributed by atoms with Crippen LogP contribution in [0.2, 0.25) is 0 Å². The SMILES string of the molecule is CC(=O)NC(C(=O)Nc1ccc(C)cc1Br)C(C)C. The predicted octanol–water partition coefficient (Wildman–Crippen LogP) is 2.86. The zero-order valence-electron chi connectivity index (χ0n) is 11.6. The Balaban J connectivity index is 2.84. The van der Waals surface area contributed by atoms with Gasteiger partial charge in [0.25, 0.3) is 0 Å². The molecule has 0 saturated heterocycles. The highest BCUT2D eigenvalue weighted by Gasteiger charge is 2.23. The Morgan fingerprint density at radius 3 is 2.37 bits per heavy atom. The topological polar surface area (TPSA) is 58.2 Å². The van der Waals surface area contributed by atoms with Gasteiger partial charge in [0.1, 0.15) is 6.04 Å². The fourth-order valence-corrected chi connectivity index (χ4v) is 2.28. The molecule has 0 fully saturated rings. The van der Waals surface area contributed by atoms with Gasteiger partial charge in [0.15, 0.2) is 0 Å². The quantitative estimate of drug-likeness (QED) is 0.893. The van der Waals surface area contributed by atoms with E-state index in [4.69, 9.17) is 0 Å². The van der Waals surface area contributed by atoms with Gasteiger partial charge in [-0.3, -0.25) is 9.59 Å². The van der Waals surface area contributed by atoms with Crippen molar-refractivity contribution in [1.29, 1.82) is 0 Å². The van der Waals surface area contributed by atoms with E-state index in [2.05, 4.69) is 26.6 Å². The first kappa shape index (κ1) is 15.7. The summed E-state index contributed by atoms with van der Waals surface area (Å²) in [6.45, 7) is 7.17. The van der Waals surface area contributed by atoms with E-state index in [9.17, 15) is 9.59 Å². The lowest BCUT2D eigenvalue weighted by Crippen LogP contribution is -2.46. The van der Waals surface area contributed by atoms with Crippen molar-refractivity contribution in [1.82, 2.24) is 5.32 Å². The molecule has 104 valence electrons. The van der Waals surface area contributed by atoms with Gasteiger partial charge in [0, 0.05) is 11.4 Å². The van der Waals surface area contributed by atoms with Crippen LogP contribution in [0, 0.1) is 12.8 Å². The molecular formula is C14H19BrN2O2. The molecule has 5 heteroatoms. The monoisotopic (exact) mass is 326 g/mol. The molecule has 0 spiro atoms. The van der Waals surface area contributed by atoms with Crippen LogP contribution < -0.4 is 10.6 Å². The predicted molar refractivity (Wildman–Crippen MR) is 80.0 cm³/mol. The molecule has 4 nitrogen and oxygen atoms in total. The van der Waals surface area contributed by atoms with E-state index in [0.717, 1.165) is 10.0 Å². The highest BCUT2D eigenvalue weighted by molar-refractivity contribution is 9.10. The van der Waals surface area contributed by atoms with Gasteiger partial charge >= 0.3 is 0 Å². The maximum Gasteiger partial charge on any atom is 0.247 e. The van der Waals surface area contributed by atoms with Crippen molar-refractivity contribution in [3.05, 3.63) is 28.2 Å². The Bertz CT molecular complexity index is 486. The second kappa shape index (κ2) is 6.70. The third-order valence-corrected chi connectivity index (χ3v) is 3.35. The second-order valence-corrected chi connectivity index (χ2v) is 5.75. The highest BCUT2D eigenvalue weighted by Crippen LogP contribution is 2.23. The van der Waals surface area contributed by atoms with E-state index in [1.165, 1.54) is 6.92 Å². The summed E-state index contributed by atoms with van der Waals surface area (Å²) in [4.78, 5) is 23.3. The van der Waals surface area contributed by atoms with E-state index >= 15 is 0 Å². The number of aryl methyl sites for hydroxylation is 1. The Kier molecular flexibility index (Phi) is 5.54. The van der Waals surface area contributed by atoms with Crippen molar-refractivity contribution >= 4 is 33.4 Å². The summed E-state index contributed by atoms with van der Waals surface area (Å²) in [6.07, 6.45) is 0. The minimum Gasteiger partial charge on any atom is -0.344 e. The molecule has 19 heavy (non-hydrogen) atoms. The summed E-state index contributed by atoms with van der Waals surface area (Å²) < 4.78 is 0.825. The Labute approximate surface area is 122 Å². The summed E-state index contributed by atoms with van der Waals surface area (Å²) in [6, 6.07) is 5.15. The van der Waals surface area contributed by atoms with Crippen LogP contribution in [-0.2, 0) is 9.59 Å². The number of carbonyl (C=O) groups excluding carboxylic acids is 2. The van der Waals surface area contributed by atoms with Gasteiger partial charge in [-0.2, -0.15) is 0 Å². The Hall–Kier alpha value is -1.36. The minimum atomic E-state index is -0.536. The molecule has 1 atom stereocenters. The van der Waals surface area contributed by atoms with E-state index in [1.807, 2.05) is 39.0 Å². The second-order valence-electron chi connectivity index (χ2n) is 4.89. The van der Waals surface area contributed by atoms with Crippen LogP contribution in [0.25, 0.3) is 0 Å². The van der Waals surface area contributed by atoms with Crippen molar-refractivity contribution in [3.8, 4) is 0 Å². The minimum absolute atomic E-state index is 0.0214. The number of halogens is 1. The molecule has 1 unspecified atom stereocenters. The van der Waals surface area contributed by atoms with Crippen molar-refractivity contribution in [2.75, 3.05) is 5.32 Å². The molecule has 0 aliphatic rings. The van der Waals surface area contributed by atoms with Gasteiger partial charge in [0.2, 0.25) is 11.8 Å². The first-order chi connectivity index (χ1) is 8.81. The first-order valence-corrected chi connectivity index (χ1v) is 6.94. The molecule has 0 aliphatic carbocycles. The summed E-state index contributed by atoms with van der Waals surface area (Å²) in [7, 11) is 0. The average molecular weight is 327 g/mol. The van der Waals surface area contributed by atoms with Gasteiger partial charge in [-0.15, -0.1) is 0 Å². The van der Waals surface area contributed by atoms with Gasteiger partial charge in [-0.25, -0.2) is 0 Å². The molecule has 1 rings (SSSR count). The largest absolute Gasteiger partial charge is 0.344 e. The van der Waals surface area contributed by atoms with Gasteiger partial charge < -0.3 is 10.6 Å². The average Bonchev–Trinajstić information content (AvgIpc) is 2.29. The van der Waals surface area contributed by atoms with Crippen LogP contribution in [0.1, 0.15) is 26.3 Å². The zero-order valence-corrected chi connectivity index (χ0v) is 13.2. The van der Waals surface area contributed by atoms with Crippen LogP contribution in [-0.4, -0.2) is 17.9 Å². The summed E-state index contributed by atoms with van der Waals surface area (Å²) in [5.41, 5.74) is 1.80. The number of nitrogens with one attached hydrogen (secondary N) is 2. The van der Waals surface area contributed by atoms with Crippen molar-refractivity contribution in [2.24, 2.45) is 5.92 Å². The van der Waals surface area contributed by atoms with E-state index < -0.39 is 6.04 Å². The molecule has 0 bridgehead atoms. The molecule has 1 aromatic carbocycles. The summed E-state index contributed by atoms with van der Waals surface area (Å²) >= 11 is 3.41. The standard InChI is InChI=1S/C14H19BrN2O2/c1-8(2)13(16-10(4)18)14(19)17-12-6-5-9(3)7-11(12)15/h5-8,13H,1-4H3,(H,16,18)(H,17,19). The molecule has 2 amide bonds.